The van der Waals surface area contributed by atoms with E-state index in [1.54, 1.807) is 20.1 Å². The fourth-order valence-corrected chi connectivity index (χ4v) is 3.30. The van der Waals surface area contributed by atoms with Crippen LogP contribution in [0.15, 0.2) is 17.2 Å². The van der Waals surface area contributed by atoms with Gasteiger partial charge in [0.15, 0.2) is 0 Å². The van der Waals surface area contributed by atoms with Crippen LogP contribution in [-0.2, 0) is 14.8 Å². The number of pyridine rings is 1. The molecular weight excluding hydrogens is 300 g/mol. The normalized spacial score (nSPS) is 12.1. The van der Waals surface area contributed by atoms with Gasteiger partial charge < -0.3 is 4.74 Å². The van der Waals surface area contributed by atoms with Crippen LogP contribution in [-0.4, -0.2) is 44.5 Å². The van der Waals surface area contributed by atoms with Crippen LogP contribution in [0.5, 0.6) is 0 Å². The van der Waals surface area contributed by atoms with Crippen LogP contribution < -0.4 is 0 Å². The Balaban J connectivity index is 3.03. The molecule has 1 heterocycles. The lowest BCUT2D eigenvalue weighted by molar-refractivity contribution is 0.178. The summed E-state index contributed by atoms with van der Waals surface area (Å²) in [6.45, 7) is 4.93. The van der Waals surface area contributed by atoms with Gasteiger partial charge in [-0.3, -0.25) is 0 Å². The maximum Gasteiger partial charge on any atom is 0.244 e. The first-order valence-corrected chi connectivity index (χ1v) is 8.36. The predicted molar refractivity (Wildman–Crippen MR) is 79.5 cm³/mol. The molecule has 1 aromatic heterocycles. The van der Waals surface area contributed by atoms with E-state index in [0.29, 0.717) is 30.4 Å². The number of sulfonamides is 1. The van der Waals surface area contributed by atoms with E-state index in [1.165, 1.54) is 10.5 Å². The number of ether oxygens (including phenoxy) is 1. The molecule has 20 heavy (non-hydrogen) atoms. The number of hydrogen-bond acceptors (Lipinski definition) is 4. The van der Waals surface area contributed by atoms with Gasteiger partial charge in [-0.15, -0.1) is 0 Å². The van der Waals surface area contributed by atoms with Crippen molar-refractivity contribution in [1.29, 1.82) is 0 Å². The van der Waals surface area contributed by atoms with Crippen molar-refractivity contribution in [2.45, 2.75) is 31.6 Å². The molecule has 0 spiro atoms. The highest BCUT2D eigenvalue weighted by molar-refractivity contribution is 7.89. The van der Waals surface area contributed by atoms with Crippen LogP contribution in [0.3, 0.4) is 0 Å². The quantitative estimate of drug-likeness (QED) is 0.690. The summed E-state index contributed by atoms with van der Waals surface area (Å²) in [4.78, 5) is 4.09. The zero-order valence-electron chi connectivity index (χ0n) is 12.1. The summed E-state index contributed by atoms with van der Waals surface area (Å²) in [5, 5.41) is 0.320. The minimum absolute atomic E-state index is 0.173. The molecule has 0 saturated carbocycles. The second kappa shape index (κ2) is 7.93. The van der Waals surface area contributed by atoms with Gasteiger partial charge >= 0.3 is 0 Å². The van der Waals surface area contributed by atoms with E-state index in [-0.39, 0.29) is 4.90 Å². The Morgan fingerprint density at radius 3 is 2.65 bits per heavy atom. The molecule has 0 atom stereocenters. The molecule has 0 amide bonds. The molecular formula is C13H21ClN2O3S. The van der Waals surface area contributed by atoms with Crippen molar-refractivity contribution < 1.29 is 13.2 Å². The number of hydrogen-bond donors (Lipinski definition) is 0. The highest BCUT2D eigenvalue weighted by atomic mass is 35.5. The van der Waals surface area contributed by atoms with E-state index >= 15 is 0 Å². The van der Waals surface area contributed by atoms with Crippen molar-refractivity contribution in [3.63, 3.8) is 0 Å². The number of nitrogens with zero attached hydrogens (tertiary/aromatic N) is 2. The average molecular weight is 321 g/mol. The molecule has 0 radical (unpaired) electrons. The summed E-state index contributed by atoms with van der Waals surface area (Å²) in [5.74, 6) is 0. The molecule has 7 heteroatoms. The number of aryl methyl sites for hydroxylation is 1. The first-order valence-electron chi connectivity index (χ1n) is 6.54. The largest absolute Gasteiger partial charge is 0.383 e. The van der Waals surface area contributed by atoms with Crippen molar-refractivity contribution >= 4 is 21.6 Å². The van der Waals surface area contributed by atoms with Crippen LogP contribution >= 0.6 is 11.6 Å². The average Bonchev–Trinajstić information content (AvgIpc) is 2.41. The van der Waals surface area contributed by atoms with E-state index in [4.69, 9.17) is 16.3 Å². The lowest BCUT2D eigenvalue weighted by atomic mass is 10.3. The van der Waals surface area contributed by atoms with Gasteiger partial charge in [-0.1, -0.05) is 24.9 Å². The maximum absolute atomic E-state index is 12.6. The Bertz CT molecular complexity index is 526. The summed E-state index contributed by atoms with van der Waals surface area (Å²) in [5.41, 5.74) is 0.648. The third kappa shape index (κ3) is 4.41. The number of rotatable bonds is 8. The summed E-state index contributed by atoms with van der Waals surface area (Å²) in [6, 6.07) is 1.55. The number of unbranched alkanes of at least 4 members (excludes halogenated alkanes) is 1. The maximum atomic E-state index is 12.6. The number of aromatic nitrogens is 1. The summed E-state index contributed by atoms with van der Waals surface area (Å²) >= 11 is 5.84. The van der Waals surface area contributed by atoms with E-state index in [1.807, 2.05) is 6.92 Å². The van der Waals surface area contributed by atoms with E-state index in [0.717, 1.165) is 12.8 Å². The molecule has 0 aromatic carbocycles. The first kappa shape index (κ1) is 17.4. The minimum atomic E-state index is -3.55. The van der Waals surface area contributed by atoms with E-state index in [9.17, 15) is 8.42 Å². The Morgan fingerprint density at radius 1 is 1.40 bits per heavy atom. The predicted octanol–water partition coefficient (Wildman–Crippen LogP) is 2.48. The summed E-state index contributed by atoms with van der Waals surface area (Å²) in [6.07, 6.45) is 3.04. The molecule has 0 bridgehead atoms. The molecule has 0 saturated heterocycles. The van der Waals surface area contributed by atoms with E-state index < -0.39 is 10.0 Å². The van der Waals surface area contributed by atoms with Crippen molar-refractivity contribution in [3.8, 4) is 0 Å². The molecule has 1 rings (SSSR count). The molecule has 0 aliphatic rings. The molecule has 114 valence electrons. The van der Waals surface area contributed by atoms with Gasteiger partial charge in [0.05, 0.1) is 6.61 Å². The molecule has 0 unspecified atom stereocenters. The van der Waals surface area contributed by atoms with Crippen LogP contribution in [0.4, 0.5) is 0 Å². The summed E-state index contributed by atoms with van der Waals surface area (Å²) in [7, 11) is -2.00. The van der Waals surface area contributed by atoms with Crippen molar-refractivity contribution in [2.75, 3.05) is 26.8 Å². The Hall–Kier alpha value is -0.690. The monoisotopic (exact) mass is 320 g/mol. The number of methoxy groups -OCH3 is 1. The fourth-order valence-electron chi connectivity index (χ4n) is 1.70. The van der Waals surface area contributed by atoms with Gasteiger partial charge in [-0.05, 0) is 25.0 Å². The van der Waals surface area contributed by atoms with Crippen LogP contribution in [0.1, 0.15) is 25.3 Å². The van der Waals surface area contributed by atoms with Gasteiger partial charge in [-0.25, -0.2) is 13.4 Å². The molecule has 1 aromatic rings. The van der Waals surface area contributed by atoms with Gasteiger partial charge in [0.25, 0.3) is 0 Å². The Labute approximate surface area is 126 Å². The molecule has 0 aliphatic heterocycles. The van der Waals surface area contributed by atoms with Crippen molar-refractivity contribution in [2.24, 2.45) is 0 Å². The Kier molecular flexibility index (Phi) is 6.88. The van der Waals surface area contributed by atoms with Crippen LogP contribution in [0.25, 0.3) is 0 Å². The zero-order valence-corrected chi connectivity index (χ0v) is 13.7. The smallest absolute Gasteiger partial charge is 0.244 e. The number of halogens is 1. The molecule has 5 nitrogen and oxygen atoms in total. The van der Waals surface area contributed by atoms with Crippen molar-refractivity contribution in [3.05, 3.63) is 23.0 Å². The lowest BCUT2D eigenvalue weighted by Crippen LogP contribution is -2.35. The fraction of sp³-hybridized carbons (Fsp3) is 0.615. The van der Waals surface area contributed by atoms with Gasteiger partial charge in [0, 0.05) is 26.4 Å². The minimum Gasteiger partial charge on any atom is -0.383 e. The first-order chi connectivity index (χ1) is 9.43. The topological polar surface area (TPSA) is 59.5 Å². The highest BCUT2D eigenvalue weighted by Gasteiger charge is 2.24. The standard InChI is InChI=1S/C13H21ClN2O3S/c1-4-5-6-16(7-8-19-3)20(17,18)12-9-11(2)13(14)15-10-12/h9-10H,4-8H2,1-3H3. The second-order valence-electron chi connectivity index (χ2n) is 4.53. The van der Waals surface area contributed by atoms with Gasteiger partial charge in [0.1, 0.15) is 10.0 Å². The van der Waals surface area contributed by atoms with Crippen LogP contribution in [0, 0.1) is 6.92 Å². The van der Waals surface area contributed by atoms with Crippen LogP contribution in [0.2, 0.25) is 5.15 Å². The summed E-state index contributed by atoms with van der Waals surface area (Å²) < 4.78 is 31.6. The lowest BCUT2D eigenvalue weighted by Gasteiger charge is -2.21. The van der Waals surface area contributed by atoms with Gasteiger partial charge in [-0.2, -0.15) is 4.31 Å². The molecule has 0 aliphatic carbocycles. The third-order valence-corrected chi connectivity index (χ3v) is 5.19. The van der Waals surface area contributed by atoms with Gasteiger partial charge in [0.2, 0.25) is 10.0 Å². The molecule has 0 fully saturated rings. The Morgan fingerprint density at radius 2 is 2.10 bits per heavy atom. The highest BCUT2D eigenvalue weighted by Crippen LogP contribution is 2.20. The molecule has 0 N–H and O–H groups in total. The van der Waals surface area contributed by atoms with E-state index in [2.05, 4.69) is 4.98 Å². The van der Waals surface area contributed by atoms with Crippen molar-refractivity contribution in [1.82, 2.24) is 9.29 Å². The zero-order chi connectivity index (χ0) is 15.2. The second-order valence-corrected chi connectivity index (χ2v) is 6.83. The third-order valence-electron chi connectivity index (χ3n) is 2.93. The SMILES string of the molecule is CCCCN(CCOC)S(=O)(=O)c1cnc(Cl)c(C)c1.